The summed E-state index contributed by atoms with van der Waals surface area (Å²) in [6.07, 6.45) is 7.06. The minimum Gasteiger partial charge on any atom is -0.460 e. The Morgan fingerprint density at radius 1 is 1.19 bits per heavy atom. The van der Waals surface area contributed by atoms with Gasteiger partial charge in [0, 0.05) is 29.2 Å². The minimum absolute atomic E-state index is 0.0848. The molecular weight excluding hydrogens is 484 g/mol. The van der Waals surface area contributed by atoms with Gasteiger partial charge in [0.1, 0.15) is 5.60 Å². The predicted octanol–water partition coefficient (Wildman–Crippen LogP) is 7.69. The van der Waals surface area contributed by atoms with Crippen molar-refractivity contribution < 1.29 is 18.8 Å². The summed E-state index contributed by atoms with van der Waals surface area (Å²) in [5.74, 6) is 1.49. The molecule has 4 rings (SSSR count). The highest BCUT2D eigenvalue weighted by Crippen LogP contribution is 2.49. The molecule has 0 unspecified atom stereocenters. The van der Waals surface area contributed by atoms with Gasteiger partial charge in [-0.05, 0) is 70.3 Å². The van der Waals surface area contributed by atoms with Gasteiger partial charge in [-0.2, -0.15) is 0 Å². The third kappa shape index (κ3) is 8.24. The van der Waals surface area contributed by atoms with E-state index in [2.05, 4.69) is 36.1 Å². The van der Waals surface area contributed by atoms with Gasteiger partial charge in [0.15, 0.2) is 10.8 Å². The maximum atomic E-state index is 12.9. The molecule has 6 nitrogen and oxygen atoms in total. The van der Waals surface area contributed by atoms with Crippen molar-refractivity contribution in [2.24, 2.45) is 5.92 Å². The molecule has 1 atom stereocenters. The summed E-state index contributed by atoms with van der Waals surface area (Å²) >= 11 is 1.69. The second-order valence-corrected chi connectivity index (χ2v) is 12.6. The zero-order valence-electron chi connectivity index (χ0n) is 22.8. The van der Waals surface area contributed by atoms with E-state index >= 15 is 0 Å². The van der Waals surface area contributed by atoms with Crippen LogP contribution in [0.25, 0.3) is 10.8 Å². The van der Waals surface area contributed by atoms with Gasteiger partial charge < -0.3 is 14.0 Å². The zero-order chi connectivity index (χ0) is 26.4. The lowest BCUT2D eigenvalue weighted by atomic mass is 9.91. The number of thiazole rings is 1. The highest BCUT2D eigenvalue weighted by Gasteiger charge is 2.37. The molecule has 1 aromatic carbocycles. The molecule has 1 fully saturated rings. The van der Waals surface area contributed by atoms with Crippen LogP contribution >= 0.6 is 11.3 Å². The molecule has 1 aliphatic carbocycles. The Kier molecular flexibility index (Phi) is 9.19. The van der Waals surface area contributed by atoms with Crippen molar-refractivity contribution in [3.05, 3.63) is 58.2 Å². The summed E-state index contributed by atoms with van der Waals surface area (Å²) in [6, 6.07) is 10.2. The summed E-state index contributed by atoms with van der Waals surface area (Å²) in [6.45, 7) is 11.3. The Bertz CT molecular complexity index is 1140. The Morgan fingerprint density at radius 3 is 2.62 bits per heavy atom. The first kappa shape index (κ1) is 27.5. The standard InChI is InChI=1S/C30H40N2O4S/c1-20(2)16-24-18-31-29(37-24)28-26(22-13-14-22)27(32-36-28)23(17-25(33)35-30(3,4)5)12-9-15-34-19-21-10-7-6-8-11-21/h6-8,10-11,18,20,22-23H,9,12-17,19H2,1-5H3/t23-/m0/s1. The van der Waals surface area contributed by atoms with E-state index in [-0.39, 0.29) is 18.3 Å². The van der Waals surface area contributed by atoms with Gasteiger partial charge in [-0.25, -0.2) is 4.98 Å². The molecule has 1 saturated carbocycles. The van der Waals surface area contributed by atoms with E-state index in [0.29, 0.717) is 25.0 Å². The van der Waals surface area contributed by atoms with Crippen molar-refractivity contribution in [2.75, 3.05) is 6.61 Å². The Morgan fingerprint density at radius 2 is 1.95 bits per heavy atom. The fourth-order valence-electron chi connectivity index (χ4n) is 4.55. The molecule has 0 saturated heterocycles. The van der Waals surface area contributed by atoms with Crippen LogP contribution in [0.2, 0.25) is 0 Å². The van der Waals surface area contributed by atoms with Crippen molar-refractivity contribution in [1.29, 1.82) is 0 Å². The van der Waals surface area contributed by atoms with E-state index in [1.807, 2.05) is 45.2 Å². The van der Waals surface area contributed by atoms with Crippen LogP contribution in [0, 0.1) is 5.92 Å². The van der Waals surface area contributed by atoms with Gasteiger partial charge in [-0.1, -0.05) is 49.3 Å². The van der Waals surface area contributed by atoms with Gasteiger partial charge in [-0.3, -0.25) is 4.79 Å². The van der Waals surface area contributed by atoms with Crippen LogP contribution in [0.4, 0.5) is 0 Å². The van der Waals surface area contributed by atoms with Crippen molar-refractivity contribution in [3.63, 3.8) is 0 Å². The second kappa shape index (κ2) is 12.4. The van der Waals surface area contributed by atoms with Gasteiger partial charge in [0.2, 0.25) is 0 Å². The van der Waals surface area contributed by atoms with Crippen molar-refractivity contribution in [2.45, 2.75) is 97.2 Å². The van der Waals surface area contributed by atoms with Crippen LogP contribution < -0.4 is 0 Å². The summed E-state index contributed by atoms with van der Waals surface area (Å²) in [7, 11) is 0. The molecule has 0 N–H and O–H groups in total. The zero-order valence-corrected chi connectivity index (χ0v) is 23.6. The SMILES string of the molecule is CC(C)Cc1cnc(-c2onc([C@@H](CCCOCc3ccccc3)CC(=O)OC(C)(C)C)c2C2CC2)s1. The first-order valence-corrected chi connectivity index (χ1v) is 14.3. The molecule has 1 aliphatic rings. The molecule has 0 amide bonds. The summed E-state index contributed by atoms with van der Waals surface area (Å²) in [5, 5.41) is 5.45. The van der Waals surface area contributed by atoms with Crippen LogP contribution in [0.3, 0.4) is 0 Å². The lowest BCUT2D eigenvalue weighted by Gasteiger charge is -2.22. The third-order valence-corrected chi connectivity index (χ3v) is 7.29. The Labute approximate surface area is 224 Å². The lowest BCUT2D eigenvalue weighted by Crippen LogP contribution is -2.25. The minimum atomic E-state index is -0.525. The number of rotatable bonds is 13. The molecule has 0 aliphatic heterocycles. The summed E-state index contributed by atoms with van der Waals surface area (Å²) < 4.78 is 17.6. The Hall–Kier alpha value is -2.51. The largest absolute Gasteiger partial charge is 0.460 e. The maximum absolute atomic E-state index is 12.9. The van der Waals surface area contributed by atoms with Crippen LogP contribution in [-0.2, 0) is 27.3 Å². The van der Waals surface area contributed by atoms with Gasteiger partial charge in [0.05, 0.1) is 18.7 Å². The van der Waals surface area contributed by atoms with Crippen LogP contribution in [0.15, 0.2) is 41.1 Å². The van der Waals surface area contributed by atoms with Gasteiger partial charge >= 0.3 is 5.97 Å². The average Bonchev–Trinajstić information content (AvgIpc) is 3.40. The number of hydrogen-bond donors (Lipinski definition) is 0. The molecule has 2 heterocycles. The normalized spacial score (nSPS) is 14.8. The average molecular weight is 525 g/mol. The molecule has 37 heavy (non-hydrogen) atoms. The van der Waals surface area contributed by atoms with Crippen molar-refractivity contribution >= 4 is 17.3 Å². The van der Waals surface area contributed by atoms with Gasteiger partial charge in [0.25, 0.3) is 0 Å². The number of benzene rings is 1. The smallest absolute Gasteiger partial charge is 0.306 e. The molecule has 0 bridgehead atoms. The lowest BCUT2D eigenvalue weighted by molar-refractivity contribution is -0.155. The van der Waals surface area contributed by atoms with Crippen LogP contribution in [0.5, 0.6) is 0 Å². The topological polar surface area (TPSA) is 74.5 Å². The molecule has 0 spiro atoms. The number of ether oxygens (including phenoxy) is 2. The number of hydrogen-bond acceptors (Lipinski definition) is 7. The van der Waals surface area contributed by atoms with Crippen molar-refractivity contribution in [1.82, 2.24) is 10.1 Å². The van der Waals surface area contributed by atoms with Crippen LogP contribution in [-0.4, -0.2) is 28.3 Å². The fraction of sp³-hybridized carbons (Fsp3) is 0.567. The van der Waals surface area contributed by atoms with Crippen LogP contribution in [0.1, 0.15) is 100 Å². The van der Waals surface area contributed by atoms with E-state index in [1.54, 1.807) is 11.3 Å². The monoisotopic (exact) mass is 524 g/mol. The van der Waals surface area contributed by atoms with E-state index in [0.717, 1.165) is 59.7 Å². The highest BCUT2D eigenvalue weighted by atomic mass is 32.1. The van der Waals surface area contributed by atoms with E-state index < -0.39 is 5.60 Å². The highest BCUT2D eigenvalue weighted by molar-refractivity contribution is 7.15. The fourth-order valence-corrected chi connectivity index (χ4v) is 5.67. The molecule has 200 valence electrons. The number of carbonyl (C=O) groups excluding carboxylic acids is 1. The summed E-state index contributed by atoms with van der Waals surface area (Å²) in [5.41, 5.74) is 2.67. The predicted molar refractivity (Wildman–Crippen MR) is 147 cm³/mol. The Balaban J connectivity index is 1.50. The molecule has 2 aromatic heterocycles. The number of carbonyl (C=O) groups is 1. The maximum Gasteiger partial charge on any atom is 0.306 e. The van der Waals surface area contributed by atoms with E-state index in [4.69, 9.17) is 14.0 Å². The van der Waals surface area contributed by atoms with Gasteiger partial charge in [-0.15, -0.1) is 11.3 Å². The first-order chi connectivity index (χ1) is 17.7. The molecule has 7 heteroatoms. The molecule has 0 radical (unpaired) electrons. The second-order valence-electron chi connectivity index (χ2n) is 11.5. The quantitative estimate of drug-likeness (QED) is 0.169. The number of esters is 1. The van der Waals surface area contributed by atoms with E-state index in [1.165, 1.54) is 4.88 Å². The number of aromatic nitrogens is 2. The number of nitrogens with zero attached hydrogens (tertiary/aromatic N) is 2. The molecular formula is C30H40N2O4S. The van der Waals surface area contributed by atoms with Crippen molar-refractivity contribution in [3.8, 4) is 10.8 Å². The first-order valence-electron chi connectivity index (χ1n) is 13.5. The molecule has 3 aromatic rings. The van der Waals surface area contributed by atoms with E-state index in [9.17, 15) is 4.79 Å². The third-order valence-electron chi connectivity index (χ3n) is 6.27. The summed E-state index contributed by atoms with van der Waals surface area (Å²) in [4.78, 5) is 18.8.